The Hall–Kier alpha value is -3.79. The molecular weight excluding hydrogens is 672 g/mol. The van der Waals surface area contributed by atoms with Crippen LogP contribution in [0, 0.1) is 23.7 Å². The number of nitrogens with two attached hydrogens (primary N) is 3. The number of unbranched alkanes of at least 4 members (excludes halogenated alkanes) is 3. The molecule has 0 saturated heterocycles. The van der Waals surface area contributed by atoms with E-state index in [2.05, 4.69) is 28.2 Å². The van der Waals surface area contributed by atoms with Gasteiger partial charge in [-0.2, -0.15) is 0 Å². The van der Waals surface area contributed by atoms with Crippen LogP contribution in [0.1, 0.15) is 105 Å². The SMILES string of the molecule is CCCCCC[C@H](OC(=O)CNC(=O)[C@@H](C)CNC(=O)CN)[C@@H](C)C(=O)N(C)[C@@H](CC(C)C)C(=O)N[C@H](C(=O)N[C@@H](CN)C(N)=O)C1CCCCC1. The summed E-state index contributed by atoms with van der Waals surface area (Å²) in [5.41, 5.74) is 16.4. The molecule has 16 heteroatoms. The fourth-order valence-corrected chi connectivity index (χ4v) is 6.30. The predicted octanol–water partition coefficient (Wildman–Crippen LogP) is 0.199. The number of hydrogen-bond acceptors (Lipinski definition) is 10. The zero-order valence-corrected chi connectivity index (χ0v) is 32.2. The number of carbonyl (C=O) groups excluding carboxylic acids is 7. The van der Waals surface area contributed by atoms with E-state index in [0.717, 1.165) is 38.5 Å². The first-order valence-electron chi connectivity index (χ1n) is 18.9. The third kappa shape index (κ3) is 16.3. The normalized spacial score (nSPS) is 16.7. The highest BCUT2D eigenvalue weighted by molar-refractivity contribution is 5.94. The summed E-state index contributed by atoms with van der Waals surface area (Å²) in [4.78, 5) is 91.7. The summed E-state index contributed by atoms with van der Waals surface area (Å²) in [6, 6.07) is -3.00. The lowest BCUT2D eigenvalue weighted by atomic mass is 9.83. The van der Waals surface area contributed by atoms with Crippen molar-refractivity contribution in [1.82, 2.24) is 26.2 Å². The van der Waals surface area contributed by atoms with Crippen LogP contribution < -0.4 is 38.5 Å². The molecule has 0 spiro atoms. The lowest BCUT2D eigenvalue weighted by Crippen LogP contribution is -2.60. The maximum atomic E-state index is 14.1. The Bertz CT molecular complexity index is 1180. The molecular formula is C36H66N8O8. The van der Waals surface area contributed by atoms with E-state index in [1.165, 1.54) is 11.9 Å². The average molecular weight is 739 g/mol. The van der Waals surface area contributed by atoms with Crippen molar-refractivity contribution < 1.29 is 38.3 Å². The van der Waals surface area contributed by atoms with E-state index in [1.807, 2.05) is 13.8 Å². The second kappa shape index (κ2) is 24.5. The number of hydrogen-bond donors (Lipinski definition) is 7. The standard InChI is InChI=1S/C36H66N8O8/c1-7-8-9-13-16-28(52-30(46)21-41-33(48)23(4)20-40-29(45)19-38)24(5)36(51)44(6)27(17-22(2)3)34(49)43-31(25-14-11-10-12-15-25)35(50)42-26(18-37)32(39)47/h22-28,31H,7-21,37-38H2,1-6H3,(H2,39,47)(H,40,45)(H,41,48)(H,42,50)(H,43,49)/t23-,24+,26-,27-,28-,31-/m0/s1. The van der Waals surface area contributed by atoms with Gasteiger partial charge < -0.3 is 48.1 Å². The van der Waals surface area contributed by atoms with Crippen LogP contribution in [0.5, 0.6) is 0 Å². The Kier molecular flexibility index (Phi) is 21.7. The quantitative estimate of drug-likeness (QED) is 0.0523. The van der Waals surface area contributed by atoms with Gasteiger partial charge >= 0.3 is 5.97 Å². The summed E-state index contributed by atoms with van der Waals surface area (Å²) in [6.45, 7) is 8.38. The van der Waals surface area contributed by atoms with Gasteiger partial charge in [-0.05, 0) is 43.9 Å². The van der Waals surface area contributed by atoms with Gasteiger partial charge in [0.1, 0.15) is 30.8 Å². The molecule has 0 bridgehead atoms. The molecule has 0 aliphatic heterocycles. The molecule has 298 valence electrons. The van der Waals surface area contributed by atoms with Crippen molar-refractivity contribution in [3.63, 3.8) is 0 Å². The number of carbonyl (C=O) groups is 7. The zero-order valence-electron chi connectivity index (χ0n) is 32.2. The summed E-state index contributed by atoms with van der Waals surface area (Å²) >= 11 is 0. The molecule has 1 saturated carbocycles. The monoisotopic (exact) mass is 739 g/mol. The van der Waals surface area contributed by atoms with Gasteiger partial charge in [0.05, 0.1) is 18.4 Å². The Balaban J connectivity index is 3.17. The molecule has 1 aliphatic rings. The number of nitrogens with one attached hydrogen (secondary N) is 4. The lowest BCUT2D eigenvalue weighted by Gasteiger charge is -2.36. The molecule has 0 aromatic carbocycles. The summed E-state index contributed by atoms with van der Waals surface area (Å²) in [7, 11) is 1.53. The number of nitrogens with zero attached hydrogens (tertiary/aromatic N) is 1. The molecule has 6 amide bonds. The van der Waals surface area contributed by atoms with Gasteiger partial charge in [-0.3, -0.25) is 33.6 Å². The van der Waals surface area contributed by atoms with E-state index < -0.39 is 84.0 Å². The molecule has 0 radical (unpaired) electrons. The second-order valence-corrected chi connectivity index (χ2v) is 14.5. The summed E-state index contributed by atoms with van der Waals surface area (Å²) in [6.07, 6.45) is 7.58. The third-order valence-corrected chi connectivity index (χ3v) is 9.63. The number of primary amides is 1. The Morgan fingerprint density at radius 1 is 0.846 bits per heavy atom. The molecule has 10 N–H and O–H groups in total. The molecule has 0 unspecified atom stereocenters. The van der Waals surface area contributed by atoms with Crippen LogP contribution in [0.2, 0.25) is 0 Å². The number of ether oxygens (including phenoxy) is 1. The fourth-order valence-electron chi connectivity index (χ4n) is 6.30. The minimum atomic E-state index is -1.09. The Morgan fingerprint density at radius 3 is 2.06 bits per heavy atom. The van der Waals surface area contributed by atoms with Crippen LogP contribution in [0.15, 0.2) is 0 Å². The smallest absolute Gasteiger partial charge is 0.325 e. The third-order valence-electron chi connectivity index (χ3n) is 9.63. The number of esters is 1. The van der Waals surface area contributed by atoms with Crippen molar-refractivity contribution in [3.05, 3.63) is 0 Å². The van der Waals surface area contributed by atoms with E-state index in [4.69, 9.17) is 21.9 Å². The van der Waals surface area contributed by atoms with Crippen molar-refractivity contribution in [2.75, 3.05) is 33.2 Å². The van der Waals surface area contributed by atoms with Gasteiger partial charge in [-0.1, -0.05) is 73.1 Å². The van der Waals surface area contributed by atoms with Crippen LogP contribution in [-0.4, -0.2) is 104 Å². The lowest BCUT2D eigenvalue weighted by molar-refractivity contribution is -0.158. The summed E-state index contributed by atoms with van der Waals surface area (Å²) in [5, 5.41) is 10.5. The van der Waals surface area contributed by atoms with Crippen molar-refractivity contribution >= 4 is 41.4 Å². The highest BCUT2D eigenvalue weighted by Gasteiger charge is 2.38. The average Bonchev–Trinajstić information content (AvgIpc) is 3.12. The second-order valence-electron chi connectivity index (χ2n) is 14.5. The molecule has 0 aromatic rings. The van der Waals surface area contributed by atoms with Gasteiger partial charge in [0.2, 0.25) is 35.4 Å². The number of likely N-dealkylation sites (N-methyl/N-ethyl adjacent to an activating group) is 1. The summed E-state index contributed by atoms with van der Waals surface area (Å²) in [5.74, 6) is -5.50. The molecule has 16 nitrogen and oxygen atoms in total. The van der Waals surface area contributed by atoms with E-state index in [1.54, 1.807) is 13.8 Å². The first-order chi connectivity index (χ1) is 24.6. The largest absolute Gasteiger partial charge is 0.460 e. The molecule has 0 aromatic heterocycles. The Labute approximate surface area is 309 Å². The van der Waals surface area contributed by atoms with E-state index >= 15 is 0 Å². The van der Waals surface area contributed by atoms with E-state index in [9.17, 15) is 33.6 Å². The van der Waals surface area contributed by atoms with Crippen LogP contribution >= 0.6 is 0 Å². The van der Waals surface area contributed by atoms with Gasteiger partial charge in [0.25, 0.3) is 0 Å². The number of amides is 6. The van der Waals surface area contributed by atoms with Crippen LogP contribution in [0.3, 0.4) is 0 Å². The Morgan fingerprint density at radius 2 is 1.50 bits per heavy atom. The van der Waals surface area contributed by atoms with Gasteiger partial charge in [0.15, 0.2) is 0 Å². The van der Waals surface area contributed by atoms with E-state index in [0.29, 0.717) is 32.1 Å². The highest BCUT2D eigenvalue weighted by atomic mass is 16.5. The predicted molar refractivity (Wildman–Crippen MR) is 197 cm³/mol. The van der Waals surface area contributed by atoms with Crippen molar-refractivity contribution in [3.8, 4) is 0 Å². The highest BCUT2D eigenvalue weighted by Crippen LogP contribution is 2.28. The first kappa shape index (κ1) is 46.2. The van der Waals surface area contributed by atoms with Crippen LogP contribution in [-0.2, 0) is 38.3 Å². The number of rotatable bonds is 24. The minimum Gasteiger partial charge on any atom is -0.460 e. The fraction of sp³-hybridized carbons (Fsp3) is 0.806. The van der Waals surface area contributed by atoms with E-state index in [-0.39, 0.29) is 31.5 Å². The van der Waals surface area contributed by atoms with Crippen molar-refractivity contribution in [1.29, 1.82) is 0 Å². The van der Waals surface area contributed by atoms with Crippen molar-refractivity contribution in [2.24, 2.45) is 40.9 Å². The first-order valence-corrected chi connectivity index (χ1v) is 18.9. The van der Waals surface area contributed by atoms with Gasteiger partial charge in [-0.15, -0.1) is 0 Å². The molecule has 52 heavy (non-hydrogen) atoms. The maximum Gasteiger partial charge on any atom is 0.325 e. The van der Waals surface area contributed by atoms with Crippen molar-refractivity contribution in [2.45, 2.75) is 129 Å². The molecule has 1 fully saturated rings. The van der Waals surface area contributed by atoms with Crippen LogP contribution in [0.25, 0.3) is 0 Å². The summed E-state index contributed by atoms with van der Waals surface area (Å²) < 4.78 is 5.78. The maximum absolute atomic E-state index is 14.1. The minimum absolute atomic E-state index is 0.00274. The van der Waals surface area contributed by atoms with Crippen LogP contribution in [0.4, 0.5) is 0 Å². The molecule has 6 atom stereocenters. The molecule has 1 aliphatic carbocycles. The van der Waals surface area contributed by atoms with Gasteiger partial charge in [-0.25, -0.2) is 0 Å². The molecule has 1 rings (SSSR count). The zero-order chi connectivity index (χ0) is 39.4. The topological polar surface area (TPSA) is 258 Å². The van der Waals surface area contributed by atoms with Gasteiger partial charge in [0, 0.05) is 20.1 Å². The molecule has 0 heterocycles.